The molecule has 82 valence electrons. The van der Waals surface area contributed by atoms with Crippen molar-refractivity contribution in [3.8, 4) is 5.75 Å². The Morgan fingerprint density at radius 3 is 2.67 bits per heavy atom. The largest absolute Gasteiger partial charge is 0.494 e. The van der Waals surface area contributed by atoms with Gasteiger partial charge in [0.1, 0.15) is 0 Å². The predicted molar refractivity (Wildman–Crippen MR) is 65.2 cm³/mol. The second-order valence-corrected chi connectivity index (χ2v) is 6.05. The van der Waals surface area contributed by atoms with E-state index in [1.807, 2.05) is 29.6 Å². The van der Waals surface area contributed by atoms with Crippen LogP contribution in [0.5, 0.6) is 5.75 Å². The van der Waals surface area contributed by atoms with Crippen molar-refractivity contribution in [1.29, 1.82) is 0 Å². The summed E-state index contributed by atoms with van der Waals surface area (Å²) >= 11 is 3.79. The van der Waals surface area contributed by atoms with Gasteiger partial charge in [-0.25, -0.2) is 4.39 Å². The average Bonchev–Trinajstić information content (AvgIpc) is 2.30. The third kappa shape index (κ3) is 2.61. The van der Waals surface area contributed by atoms with Gasteiger partial charge in [0.05, 0.1) is 11.7 Å². The van der Waals surface area contributed by atoms with Gasteiger partial charge in [-0.3, -0.25) is 0 Å². The molecule has 2 rings (SSSR count). The van der Waals surface area contributed by atoms with Gasteiger partial charge in [-0.05, 0) is 35.6 Å². The molecule has 0 saturated carbocycles. The number of rotatable bonds is 2. The summed E-state index contributed by atoms with van der Waals surface area (Å²) in [7, 11) is 1.49. The highest BCUT2D eigenvalue weighted by Crippen LogP contribution is 2.44. The van der Waals surface area contributed by atoms with Crippen molar-refractivity contribution in [3.63, 3.8) is 0 Å². The summed E-state index contributed by atoms with van der Waals surface area (Å²) in [6.07, 6.45) is 1.25. The molecule has 1 aromatic carbocycles. The first-order chi connectivity index (χ1) is 7.31. The van der Waals surface area contributed by atoms with Gasteiger partial charge in [0.15, 0.2) is 11.6 Å². The molecule has 0 unspecified atom stereocenters. The molecule has 4 heteroatoms. The second-order valence-electron chi connectivity index (χ2n) is 3.32. The van der Waals surface area contributed by atoms with Gasteiger partial charge in [0.25, 0.3) is 0 Å². The van der Waals surface area contributed by atoms with E-state index in [2.05, 4.69) is 0 Å². The van der Waals surface area contributed by atoms with E-state index in [-0.39, 0.29) is 5.82 Å². The Labute approximate surface area is 97.8 Å². The number of hydrogen-bond donors (Lipinski definition) is 0. The van der Waals surface area contributed by atoms with Crippen LogP contribution in [0.2, 0.25) is 0 Å². The predicted octanol–water partition coefficient (Wildman–Crippen LogP) is 3.70. The van der Waals surface area contributed by atoms with Crippen molar-refractivity contribution in [3.05, 3.63) is 29.6 Å². The Kier molecular flexibility index (Phi) is 3.81. The average molecular weight is 244 g/mol. The zero-order valence-corrected chi connectivity index (χ0v) is 10.2. The molecule has 1 heterocycles. The van der Waals surface area contributed by atoms with Crippen molar-refractivity contribution >= 4 is 23.5 Å². The Morgan fingerprint density at radius 1 is 1.33 bits per heavy atom. The van der Waals surface area contributed by atoms with Crippen molar-refractivity contribution in [2.24, 2.45) is 0 Å². The summed E-state index contributed by atoms with van der Waals surface area (Å²) in [5.74, 6) is 2.41. The monoisotopic (exact) mass is 244 g/mol. The SMILES string of the molecule is COc1ccc(C2SCCCS2)cc1F. The molecule has 0 aliphatic carbocycles. The molecule has 1 saturated heterocycles. The lowest BCUT2D eigenvalue weighted by Gasteiger charge is -2.21. The number of methoxy groups -OCH3 is 1. The summed E-state index contributed by atoms with van der Waals surface area (Å²) in [4.78, 5) is 0. The summed E-state index contributed by atoms with van der Waals surface area (Å²) in [6.45, 7) is 0. The molecule has 0 spiro atoms. The van der Waals surface area contributed by atoms with Crippen LogP contribution in [-0.4, -0.2) is 18.6 Å². The van der Waals surface area contributed by atoms with Crippen LogP contribution in [0.1, 0.15) is 16.6 Å². The first kappa shape index (κ1) is 11.1. The summed E-state index contributed by atoms with van der Waals surface area (Å²) in [6, 6.07) is 5.26. The number of hydrogen-bond acceptors (Lipinski definition) is 3. The maximum atomic E-state index is 13.5. The van der Waals surface area contributed by atoms with Crippen LogP contribution in [-0.2, 0) is 0 Å². The van der Waals surface area contributed by atoms with E-state index in [9.17, 15) is 4.39 Å². The van der Waals surface area contributed by atoms with Gasteiger partial charge in [-0.15, -0.1) is 23.5 Å². The highest BCUT2D eigenvalue weighted by atomic mass is 32.2. The minimum Gasteiger partial charge on any atom is -0.494 e. The molecule has 1 aliphatic heterocycles. The highest BCUT2D eigenvalue weighted by Gasteiger charge is 2.17. The first-order valence-corrected chi connectivity index (χ1v) is 6.97. The lowest BCUT2D eigenvalue weighted by Crippen LogP contribution is -2.01. The molecule has 0 N–H and O–H groups in total. The first-order valence-electron chi connectivity index (χ1n) is 4.88. The quantitative estimate of drug-likeness (QED) is 0.785. The fourth-order valence-corrected chi connectivity index (χ4v) is 4.38. The van der Waals surface area contributed by atoms with E-state index in [0.29, 0.717) is 10.3 Å². The third-order valence-corrected chi connectivity index (χ3v) is 5.29. The lowest BCUT2D eigenvalue weighted by molar-refractivity contribution is 0.386. The fraction of sp³-hybridized carbons (Fsp3) is 0.455. The third-order valence-electron chi connectivity index (χ3n) is 2.28. The zero-order valence-electron chi connectivity index (χ0n) is 8.53. The molecule has 0 radical (unpaired) electrons. The van der Waals surface area contributed by atoms with Crippen molar-refractivity contribution < 1.29 is 9.13 Å². The zero-order chi connectivity index (χ0) is 10.7. The molecule has 0 amide bonds. The van der Waals surface area contributed by atoms with Crippen LogP contribution in [0.15, 0.2) is 18.2 Å². The molecular weight excluding hydrogens is 231 g/mol. The Morgan fingerprint density at radius 2 is 2.07 bits per heavy atom. The summed E-state index contributed by atoms with van der Waals surface area (Å²) < 4.78 is 18.7. The topological polar surface area (TPSA) is 9.23 Å². The molecule has 1 nitrogen and oxygen atoms in total. The Balaban J connectivity index is 2.17. The molecule has 0 atom stereocenters. The van der Waals surface area contributed by atoms with Crippen molar-refractivity contribution in [2.45, 2.75) is 11.0 Å². The van der Waals surface area contributed by atoms with Gasteiger partial charge < -0.3 is 4.74 Å². The maximum absolute atomic E-state index is 13.5. The van der Waals surface area contributed by atoms with E-state index in [4.69, 9.17) is 4.74 Å². The molecule has 15 heavy (non-hydrogen) atoms. The molecule has 1 aromatic rings. The second kappa shape index (κ2) is 5.12. The number of benzene rings is 1. The summed E-state index contributed by atoms with van der Waals surface area (Å²) in [5.41, 5.74) is 1.06. The van der Waals surface area contributed by atoms with Gasteiger partial charge in [0, 0.05) is 0 Å². The van der Waals surface area contributed by atoms with Crippen molar-refractivity contribution in [1.82, 2.24) is 0 Å². The number of halogens is 1. The molecular formula is C11H13FOS2. The fourth-order valence-electron chi connectivity index (χ4n) is 1.51. The van der Waals surface area contributed by atoms with E-state index >= 15 is 0 Å². The van der Waals surface area contributed by atoms with Gasteiger partial charge in [0.2, 0.25) is 0 Å². The van der Waals surface area contributed by atoms with E-state index in [1.54, 1.807) is 12.1 Å². The minimum absolute atomic E-state index is 0.262. The number of ether oxygens (including phenoxy) is 1. The van der Waals surface area contributed by atoms with Gasteiger partial charge in [-0.2, -0.15) is 0 Å². The highest BCUT2D eigenvalue weighted by molar-refractivity contribution is 8.16. The van der Waals surface area contributed by atoms with E-state index in [1.165, 1.54) is 25.0 Å². The smallest absolute Gasteiger partial charge is 0.165 e. The molecule has 1 aliphatic rings. The number of thioether (sulfide) groups is 2. The molecule has 1 fully saturated rings. The summed E-state index contributed by atoms with van der Waals surface area (Å²) in [5, 5.41) is 0. The molecule has 0 aromatic heterocycles. The maximum Gasteiger partial charge on any atom is 0.165 e. The van der Waals surface area contributed by atoms with Crippen LogP contribution in [0.4, 0.5) is 4.39 Å². The normalized spacial score (nSPS) is 17.7. The van der Waals surface area contributed by atoms with Gasteiger partial charge >= 0.3 is 0 Å². The van der Waals surface area contributed by atoms with Crippen LogP contribution < -0.4 is 4.74 Å². The van der Waals surface area contributed by atoms with Gasteiger partial charge in [-0.1, -0.05) is 6.07 Å². The molecule has 0 bridgehead atoms. The minimum atomic E-state index is -0.262. The van der Waals surface area contributed by atoms with Crippen LogP contribution in [0.25, 0.3) is 0 Å². The van der Waals surface area contributed by atoms with Crippen LogP contribution >= 0.6 is 23.5 Å². The Hall–Kier alpha value is -0.350. The Bertz CT molecular complexity index is 337. The lowest BCUT2D eigenvalue weighted by atomic mass is 10.2. The van der Waals surface area contributed by atoms with E-state index < -0.39 is 0 Å². The van der Waals surface area contributed by atoms with Crippen LogP contribution in [0.3, 0.4) is 0 Å². The standard InChI is InChI=1S/C11H13FOS2/c1-13-10-4-3-8(7-9(10)12)11-14-5-2-6-15-11/h3-4,7,11H,2,5-6H2,1H3. The van der Waals surface area contributed by atoms with Crippen molar-refractivity contribution in [2.75, 3.05) is 18.6 Å². The van der Waals surface area contributed by atoms with E-state index in [0.717, 1.165) is 5.56 Å². The van der Waals surface area contributed by atoms with Crippen LogP contribution in [0, 0.1) is 5.82 Å².